The van der Waals surface area contributed by atoms with Crippen LogP contribution >= 0.6 is 0 Å². The van der Waals surface area contributed by atoms with E-state index in [-0.39, 0.29) is 11.6 Å². The van der Waals surface area contributed by atoms with Crippen molar-refractivity contribution in [1.82, 2.24) is 5.32 Å². The molecule has 0 aliphatic heterocycles. The molecule has 0 unspecified atom stereocenters. The first-order chi connectivity index (χ1) is 10.5. The fraction of sp³-hybridized carbons (Fsp3) is 0.412. The summed E-state index contributed by atoms with van der Waals surface area (Å²) >= 11 is 0. The number of hydrogen-bond donors (Lipinski definition) is 1. The third kappa shape index (κ3) is 5.13. The van der Waals surface area contributed by atoms with Crippen molar-refractivity contribution >= 4 is 12.0 Å². The van der Waals surface area contributed by atoms with E-state index in [9.17, 15) is 10.1 Å². The van der Waals surface area contributed by atoms with Gasteiger partial charge in [-0.2, -0.15) is 5.26 Å². The number of ether oxygens (including phenoxy) is 2. The molecule has 1 rings (SSSR count). The van der Waals surface area contributed by atoms with E-state index in [2.05, 4.69) is 5.32 Å². The molecule has 22 heavy (non-hydrogen) atoms. The Morgan fingerprint density at radius 1 is 1.32 bits per heavy atom. The average molecular weight is 302 g/mol. The van der Waals surface area contributed by atoms with E-state index in [4.69, 9.17) is 9.47 Å². The number of nitrogens with one attached hydrogen (secondary N) is 1. The zero-order valence-electron chi connectivity index (χ0n) is 13.5. The van der Waals surface area contributed by atoms with E-state index in [1.165, 1.54) is 6.08 Å². The second-order valence-corrected chi connectivity index (χ2v) is 4.86. The molecule has 0 aliphatic rings. The zero-order valence-corrected chi connectivity index (χ0v) is 13.5. The van der Waals surface area contributed by atoms with E-state index >= 15 is 0 Å². The maximum atomic E-state index is 12.0. The first-order valence-corrected chi connectivity index (χ1v) is 7.34. The molecule has 1 amide bonds. The Balaban J connectivity index is 3.15. The number of carbonyl (C=O) groups excluding carboxylic acids is 1. The van der Waals surface area contributed by atoms with E-state index < -0.39 is 5.91 Å². The fourth-order valence-corrected chi connectivity index (χ4v) is 1.81. The Labute approximate surface area is 131 Å². The molecule has 0 aliphatic carbocycles. The lowest BCUT2D eigenvalue weighted by atomic mass is 10.1. The molecule has 5 heteroatoms. The Kier molecular flexibility index (Phi) is 6.97. The molecule has 1 aromatic carbocycles. The molecule has 0 bridgehead atoms. The number of amides is 1. The summed E-state index contributed by atoms with van der Waals surface area (Å²) in [4.78, 5) is 12.0. The van der Waals surface area contributed by atoms with Crippen molar-refractivity contribution in [2.75, 3.05) is 13.2 Å². The molecule has 0 atom stereocenters. The number of carbonyl (C=O) groups is 1. The van der Waals surface area contributed by atoms with Crippen LogP contribution in [0.3, 0.4) is 0 Å². The van der Waals surface area contributed by atoms with Crippen molar-refractivity contribution in [3.8, 4) is 17.6 Å². The van der Waals surface area contributed by atoms with Gasteiger partial charge >= 0.3 is 0 Å². The monoisotopic (exact) mass is 302 g/mol. The van der Waals surface area contributed by atoms with Crippen LogP contribution in [0, 0.1) is 11.3 Å². The zero-order chi connectivity index (χ0) is 16.5. The summed E-state index contributed by atoms with van der Waals surface area (Å²) in [6, 6.07) is 7.21. The largest absolute Gasteiger partial charge is 0.494 e. The topological polar surface area (TPSA) is 71.3 Å². The molecular weight excluding hydrogens is 280 g/mol. The van der Waals surface area contributed by atoms with Crippen LogP contribution in [0.15, 0.2) is 23.8 Å². The van der Waals surface area contributed by atoms with Gasteiger partial charge < -0.3 is 14.8 Å². The summed E-state index contributed by atoms with van der Waals surface area (Å²) in [5.41, 5.74) is 0.708. The van der Waals surface area contributed by atoms with Crippen molar-refractivity contribution in [3.63, 3.8) is 0 Å². The number of hydrogen-bond acceptors (Lipinski definition) is 4. The Morgan fingerprint density at radius 3 is 2.55 bits per heavy atom. The summed E-state index contributed by atoms with van der Waals surface area (Å²) in [6.07, 6.45) is 1.53. The highest BCUT2D eigenvalue weighted by atomic mass is 16.5. The SMILES string of the molecule is CCOc1ccc(/C=C(\C#N)C(=O)NC(C)C)c(OCC)c1. The van der Waals surface area contributed by atoms with Crippen LogP contribution in [0.1, 0.15) is 33.3 Å². The second-order valence-electron chi connectivity index (χ2n) is 4.86. The molecule has 0 fully saturated rings. The van der Waals surface area contributed by atoms with Crippen molar-refractivity contribution in [1.29, 1.82) is 5.26 Å². The van der Waals surface area contributed by atoms with Gasteiger partial charge in [0.15, 0.2) is 0 Å². The molecule has 5 nitrogen and oxygen atoms in total. The van der Waals surface area contributed by atoms with Gasteiger partial charge in [0.1, 0.15) is 23.1 Å². The average Bonchev–Trinajstić information content (AvgIpc) is 2.46. The number of nitrogens with zero attached hydrogens (tertiary/aromatic N) is 1. The van der Waals surface area contributed by atoms with E-state index in [1.807, 2.05) is 33.8 Å². The fourth-order valence-electron chi connectivity index (χ4n) is 1.81. The summed E-state index contributed by atoms with van der Waals surface area (Å²) < 4.78 is 11.0. The van der Waals surface area contributed by atoms with Gasteiger partial charge in [-0.05, 0) is 45.9 Å². The highest BCUT2D eigenvalue weighted by Crippen LogP contribution is 2.27. The maximum Gasteiger partial charge on any atom is 0.262 e. The van der Waals surface area contributed by atoms with Gasteiger partial charge in [0.2, 0.25) is 0 Å². The Morgan fingerprint density at radius 2 is 2.00 bits per heavy atom. The molecule has 0 spiro atoms. The predicted octanol–water partition coefficient (Wildman–Crippen LogP) is 2.92. The minimum Gasteiger partial charge on any atom is -0.494 e. The second kappa shape index (κ2) is 8.73. The van der Waals surface area contributed by atoms with E-state index in [0.29, 0.717) is 30.3 Å². The smallest absolute Gasteiger partial charge is 0.262 e. The van der Waals surface area contributed by atoms with E-state index in [0.717, 1.165) is 0 Å². The molecule has 0 saturated heterocycles. The van der Waals surface area contributed by atoms with Gasteiger partial charge in [-0.1, -0.05) is 0 Å². The minimum atomic E-state index is -0.395. The van der Waals surface area contributed by atoms with Crippen molar-refractivity contribution in [3.05, 3.63) is 29.3 Å². The molecule has 0 aromatic heterocycles. The standard InChI is InChI=1S/C17H22N2O3/c1-5-21-15-8-7-13(16(10-15)22-6-2)9-14(11-18)17(20)19-12(3)4/h7-10,12H,5-6H2,1-4H3,(H,19,20)/b14-9+. The lowest BCUT2D eigenvalue weighted by Gasteiger charge is -2.11. The van der Waals surface area contributed by atoms with E-state index in [1.54, 1.807) is 18.2 Å². The van der Waals surface area contributed by atoms with Gasteiger partial charge in [-0.25, -0.2) is 0 Å². The van der Waals surface area contributed by atoms with Crippen LogP contribution in [-0.4, -0.2) is 25.2 Å². The minimum absolute atomic E-state index is 0.0315. The van der Waals surface area contributed by atoms with Gasteiger partial charge in [-0.3, -0.25) is 4.79 Å². The van der Waals surface area contributed by atoms with Crippen molar-refractivity contribution in [2.24, 2.45) is 0 Å². The normalized spacial score (nSPS) is 11.0. The lowest BCUT2D eigenvalue weighted by Crippen LogP contribution is -2.30. The van der Waals surface area contributed by atoms with Gasteiger partial charge in [0, 0.05) is 17.7 Å². The summed E-state index contributed by atoms with van der Waals surface area (Å²) in [5.74, 6) is 0.876. The first kappa shape index (κ1) is 17.6. The molecule has 0 saturated carbocycles. The van der Waals surface area contributed by atoms with Gasteiger partial charge in [-0.15, -0.1) is 0 Å². The third-order valence-electron chi connectivity index (χ3n) is 2.68. The molecule has 0 heterocycles. The van der Waals surface area contributed by atoms with Crippen LogP contribution < -0.4 is 14.8 Å². The number of nitriles is 1. The number of benzene rings is 1. The van der Waals surface area contributed by atoms with Crippen molar-refractivity contribution in [2.45, 2.75) is 33.7 Å². The highest BCUT2D eigenvalue weighted by Gasteiger charge is 2.12. The Bertz CT molecular complexity index is 586. The molecular formula is C17H22N2O3. The Hall–Kier alpha value is -2.48. The quantitative estimate of drug-likeness (QED) is 0.621. The third-order valence-corrected chi connectivity index (χ3v) is 2.68. The number of rotatable bonds is 7. The van der Waals surface area contributed by atoms with Crippen molar-refractivity contribution < 1.29 is 14.3 Å². The first-order valence-electron chi connectivity index (χ1n) is 7.34. The summed E-state index contributed by atoms with van der Waals surface area (Å²) in [6.45, 7) is 8.50. The summed E-state index contributed by atoms with van der Waals surface area (Å²) in [5, 5.41) is 11.9. The molecule has 1 N–H and O–H groups in total. The van der Waals surface area contributed by atoms with Gasteiger partial charge in [0.25, 0.3) is 5.91 Å². The van der Waals surface area contributed by atoms with Crippen LogP contribution in [-0.2, 0) is 4.79 Å². The molecule has 1 aromatic rings. The van der Waals surface area contributed by atoms with Crippen LogP contribution in [0.2, 0.25) is 0 Å². The maximum absolute atomic E-state index is 12.0. The lowest BCUT2D eigenvalue weighted by molar-refractivity contribution is -0.117. The molecule has 0 radical (unpaired) electrons. The highest BCUT2D eigenvalue weighted by molar-refractivity contribution is 6.02. The predicted molar refractivity (Wildman–Crippen MR) is 85.6 cm³/mol. The van der Waals surface area contributed by atoms with Crippen LogP contribution in [0.25, 0.3) is 6.08 Å². The van der Waals surface area contributed by atoms with Crippen LogP contribution in [0.4, 0.5) is 0 Å². The van der Waals surface area contributed by atoms with Gasteiger partial charge in [0.05, 0.1) is 13.2 Å². The summed E-state index contributed by atoms with van der Waals surface area (Å²) in [7, 11) is 0. The molecule has 118 valence electrons. The van der Waals surface area contributed by atoms with Crippen LogP contribution in [0.5, 0.6) is 11.5 Å².